The molecule has 0 radical (unpaired) electrons. The number of rotatable bonds is 2. The van der Waals surface area contributed by atoms with Crippen molar-refractivity contribution in [1.82, 2.24) is 0 Å². The number of aliphatic hydroxyl groups excluding tert-OH is 1. The second-order valence-corrected chi connectivity index (χ2v) is 15.4. The Morgan fingerprint density at radius 2 is 0.863 bits per heavy atom. The minimum absolute atomic E-state index is 0.111. The summed E-state index contributed by atoms with van der Waals surface area (Å²) >= 11 is 0. The Labute approximate surface area is 299 Å². The highest BCUT2D eigenvalue weighted by Gasteiger charge is 2.26. The number of benzene rings is 6. The average molecular weight is 673 g/mol. The zero-order valence-electron chi connectivity index (χ0n) is 30.4. The Bertz CT molecular complexity index is 2450. The lowest BCUT2D eigenvalue weighted by molar-refractivity contribution is -0.548. The van der Waals surface area contributed by atoms with E-state index in [1.54, 1.807) is 6.92 Å². The van der Waals surface area contributed by atoms with Crippen LogP contribution in [0.5, 0.6) is 0 Å². The third-order valence-corrected chi connectivity index (χ3v) is 9.93. The van der Waals surface area contributed by atoms with Gasteiger partial charge in [0.2, 0.25) is 22.1 Å². The highest BCUT2D eigenvalue weighted by Crippen LogP contribution is 2.45. The molecule has 0 bridgehead atoms. The average Bonchev–Trinajstić information content (AvgIpc) is 3.11. The summed E-state index contributed by atoms with van der Waals surface area (Å²) < 4.78 is 2.18. The van der Waals surface area contributed by atoms with Crippen molar-refractivity contribution < 1.29 is 14.6 Å². The molecule has 256 valence electrons. The summed E-state index contributed by atoms with van der Waals surface area (Å²) in [5.74, 6) is 0. The van der Waals surface area contributed by atoms with Gasteiger partial charge in [-0.3, -0.25) is 0 Å². The normalized spacial score (nSPS) is 12.2. The molecule has 5 heteroatoms. The number of fused-ring (bicyclic) bond motifs is 5. The second kappa shape index (κ2) is 12.7. The number of para-hydroxylation sites is 2. The molecule has 0 spiro atoms. The van der Waals surface area contributed by atoms with Crippen molar-refractivity contribution in [2.75, 3.05) is 6.61 Å². The summed E-state index contributed by atoms with van der Waals surface area (Å²) in [6, 6.07) is 41.4. The molecule has 5 nitrogen and oxygen atoms in total. The van der Waals surface area contributed by atoms with Crippen LogP contribution in [0.3, 0.4) is 0 Å². The van der Waals surface area contributed by atoms with E-state index in [-0.39, 0.29) is 17.4 Å². The van der Waals surface area contributed by atoms with Crippen molar-refractivity contribution in [2.24, 2.45) is 0 Å². The number of pyridine rings is 2. The van der Waals surface area contributed by atoms with E-state index in [1.165, 1.54) is 0 Å². The van der Waals surface area contributed by atoms with Gasteiger partial charge in [-0.25, -0.2) is 0 Å². The number of hydrogen-bond acceptors (Lipinski definition) is 3. The molecule has 0 saturated carbocycles. The number of aliphatic hydroxyl groups is 1. The fourth-order valence-corrected chi connectivity index (χ4v) is 7.37. The maximum atomic E-state index is 14.0. The molecular formula is C46H44N2O3. The van der Waals surface area contributed by atoms with Gasteiger partial charge in [-0.05, 0) is 75.0 Å². The van der Waals surface area contributed by atoms with Crippen molar-refractivity contribution in [1.29, 1.82) is 0 Å². The van der Waals surface area contributed by atoms with Crippen LogP contribution >= 0.6 is 0 Å². The van der Waals surface area contributed by atoms with Crippen LogP contribution in [-0.2, 0) is 10.8 Å². The Hall–Kier alpha value is -5.52. The molecule has 0 atom stereocenters. The third-order valence-electron chi connectivity index (χ3n) is 9.93. The largest absolute Gasteiger partial charge is 0.618 e. The first-order valence-corrected chi connectivity index (χ1v) is 17.7. The van der Waals surface area contributed by atoms with E-state index in [4.69, 9.17) is 5.11 Å². The van der Waals surface area contributed by atoms with E-state index in [9.17, 15) is 10.4 Å². The fourth-order valence-electron chi connectivity index (χ4n) is 7.37. The summed E-state index contributed by atoms with van der Waals surface area (Å²) in [5.41, 5.74) is 8.76. The van der Waals surface area contributed by atoms with Crippen LogP contribution in [0.15, 0.2) is 121 Å². The van der Waals surface area contributed by atoms with E-state index in [1.807, 2.05) is 36.4 Å². The van der Waals surface area contributed by atoms with Crippen LogP contribution in [0.25, 0.3) is 76.6 Å². The van der Waals surface area contributed by atoms with Gasteiger partial charge in [0.15, 0.2) is 0 Å². The predicted molar refractivity (Wildman–Crippen MR) is 213 cm³/mol. The van der Waals surface area contributed by atoms with Crippen LogP contribution in [0.4, 0.5) is 0 Å². The molecule has 6 aromatic carbocycles. The van der Waals surface area contributed by atoms with Crippen LogP contribution in [0.2, 0.25) is 0 Å². The molecule has 0 saturated heterocycles. The van der Waals surface area contributed by atoms with Crippen LogP contribution < -0.4 is 9.46 Å². The fraction of sp³-hybridized carbons (Fsp3) is 0.217. The Balaban J connectivity index is 0.00000131. The van der Waals surface area contributed by atoms with Gasteiger partial charge in [-0.2, -0.15) is 9.46 Å². The van der Waals surface area contributed by atoms with E-state index in [0.717, 1.165) is 75.2 Å². The summed E-state index contributed by atoms with van der Waals surface area (Å²) in [6.45, 7) is 15.0. The zero-order chi connectivity index (χ0) is 36.2. The van der Waals surface area contributed by atoms with Crippen molar-refractivity contribution in [3.63, 3.8) is 0 Å². The molecule has 8 aromatic rings. The van der Waals surface area contributed by atoms with Crippen molar-refractivity contribution >= 4 is 54.4 Å². The van der Waals surface area contributed by atoms with Crippen LogP contribution in [0.1, 0.15) is 59.6 Å². The smallest absolute Gasteiger partial charge is 0.225 e. The number of hydrogen-bond donors (Lipinski definition) is 1. The van der Waals surface area contributed by atoms with E-state index in [0.29, 0.717) is 22.1 Å². The van der Waals surface area contributed by atoms with Crippen molar-refractivity contribution in [2.45, 2.75) is 59.3 Å². The van der Waals surface area contributed by atoms with Crippen LogP contribution in [0, 0.1) is 10.4 Å². The Morgan fingerprint density at radius 3 is 1.25 bits per heavy atom. The van der Waals surface area contributed by atoms with Crippen LogP contribution in [-0.4, -0.2) is 11.7 Å². The highest BCUT2D eigenvalue weighted by molar-refractivity contribution is 6.20. The Morgan fingerprint density at radius 1 is 0.490 bits per heavy atom. The molecule has 2 heterocycles. The molecule has 0 aliphatic heterocycles. The highest BCUT2D eigenvalue weighted by atomic mass is 16.5. The van der Waals surface area contributed by atoms with Gasteiger partial charge in [0.1, 0.15) is 0 Å². The SMILES string of the molecule is CC(C)(C)c1ccc2c(-c3cccc4cccc(-c5c6ccccc6[n+]([O-])c6cc(C(C)(C)C)ccc56)c34)c3ccccc3[n+]([O-])c2c1.CCO. The number of aromatic nitrogens is 2. The van der Waals surface area contributed by atoms with Gasteiger partial charge in [-0.15, -0.1) is 0 Å². The first kappa shape index (κ1) is 34.0. The van der Waals surface area contributed by atoms with E-state index < -0.39 is 0 Å². The summed E-state index contributed by atoms with van der Waals surface area (Å²) in [6.07, 6.45) is 0. The number of nitrogens with zero attached hydrogens (tertiary/aromatic N) is 2. The second-order valence-electron chi connectivity index (χ2n) is 15.4. The quantitative estimate of drug-likeness (QED) is 0.113. The maximum absolute atomic E-state index is 14.0. The lowest BCUT2D eigenvalue weighted by atomic mass is 9.83. The molecule has 0 unspecified atom stereocenters. The monoisotopic (exact) mass is 672 g/mol. The summed E-state index contributed by atoms with van der Waals surface area (Å²) in [7, 11) is 0. The van der Waals surface area contributed by atoms with Gasteiger partial charge in [0, 0.05) is 42.0 Å². The van der Waals surface area contributed by atoms with Crippen molar-refractivity contribution in [3.05, 3.63) is 143 Å². The lowest BCUT2D eigenvalue weighted by Crippen LogP contribution is -2.29. The molecule has 0 amide bonds. The minimum Gasteiger partial charge on any atom is -0.618 e. The predicted octanol–water partition coefficient (Wildman–Crippen LogP) is 10.6. The topological polar surface area (TPSA) is 74.1 Å². The van der Waals surface area contributed by atoms with Gasteiger partial charge >= 0.3 is 0 Å². The third kappa shape index (κ3) is 5.72. The maximum Gasteiger partial charge on any atom is 0.225 e. The van der Waals surface area contributed by atoms with Gasteiger partial charge in [0.25, 0.3) is 0 Å². The molecule has 2 aromatic heterocycles. The first-order valence-electron chi connectivity index (χ1n) is 17.7. The molecular weight excluding hydrogens is 629 g/mol. The van der Waals surface area contributed by atoms with E-state index in [2.05, 4.69) is 126 Å². The van der Waals surface area contributed by atoms with Crippen molar-refractivity contribution in [3.8, 4) is 22.3 Å². The molecule has 0 fully saturated rings. The Kier molecular flexibility index (Phi) is 8.43. The summed E-state index contributed by atoms with van der Waals surface area (Å²) in [4.78, 5) is 0. The van der Waals surface area contributed by atoms with Gasteiger partial charge in [-0.1, -0.05) is 114 Å². The molecule has 51 heavy (non-hydrogen) atoms. The molecule has 0 aliphatic carbocycles. The summed E-state index contributed by atoms with van der Waals surface area (Å²) in [5, 5.41) is 41.4. The standard InChI is InChI=1S/C44H38N2O2.C2H6O/c1-43(2,3)28-21-23-32-38(25-28)45(47)36-19-9-7-15-30(36)41(32)34-17-11-13-27-14-12-18-35(40(27)34)42-31-16-8-10-20-37(31)46(48)39-26-29(44(4,5)6)22-24-33(39)42;1-2-3/h7-26H,1-6H3;3H,2H2,1H3. The first-order chi connectivity index (χ1) is 24.3. The molecule has 0 aliphatic rings. The van der Waals surface area contributed by atoms with Gasteiger partial charge in [0.05, 0.1) is 21.5 Å². The van der Waals surface area contributed by atoms with Gasteiger partial charge < -0.3 is 15.5 Å². The van der Waals surface area contributed by atoms with E-state index >= 15 is 0 Å². The lowest BCUT2D eigenvalue weighted by Gasteiger charge is -2.22. The minimum atomic E-state index is -0.111. The zero-order valence-corrected chi connectivity index (χ0v) is 30.4. The molecule has 1 N–H and O–H groups in total. The molecule has 8 rings (SSSR count).